The first-order valence-electron chi connectivity index (χ1n) is 2.59. The lowest BCUT2D eigenvalue weighted by atomic mass is 10.4. The first-order valence-corrected chi connectivity index (χ1v) is 2.59. The third-order valence-electron chi connectivity index (χ3n) is 1.36. The summed E-state index contributed by atoms with van der Waals surface area (Å²) in [6.45, 7) is 0.848. The number of hydrogen-bond donors (Lipinski definition) is 1. The predicted molar refractivity (Wildman–Crippen MR) is 28.0 cm³/mol. The molecule has 0 aromatic carbocycles. The zero-order valence-electron chi connectivity index (χ0n) is 4.55. The summed E-state index contributed by atoms with van der Waals surface area (Å²) < 4.78 is 4.86. The van der Waals surface area contributed by atoms with Crippen LogP contribution in [-0.2, 0) is 4.74 Å². The molecule has 2 N–H and O–H groups in total. The molecule has 1 saturated carbocycles. The molecule has 2 nitrogen and oxygen atoms in total. The monoisotopic (exact) mass is 101 g/mol. The van der Waals surface area contributed by atoms with Gasteiger partial charge >= 0.3 is 0 Å². The molecule has 0 spiro atoms. The molecule has 0 aromatic rings. The molecule has 42 valence electrons. The van der Waals surface area contributed by atoms with Gasteiger partial charge in [-0.15, -0.1) is 0 Å². The van der Waals surface area contributed by atoms with E-state index in [2.05, 4.69) is 0 Å². The summed E-state index contributed by atoms with van der Waals surface area (Å²) in [5.74, 6) is 0.671. The van der Waals surface area contributed by atoms with Crippen molar-refractivity contribution in [2.45, 2.75) is 12.5 Å². The lowest BCUT2D eigenvalue weighted by Gasteiger charge is -1.89. The highest BCUT2D eigenvalue weighted by atomic mass is 16.5. The zero-order chi connectivity index (χ0) is 5.28. The second-order valence-corrected chi connectivity index (χ2v) is 2.11. The van der Waals surface area contributed by atoms with Gasteiger partial charge in [0, 0.05) is 13.2 Å². The van der Waals surface area contributed by atoms with Gasteiger partial charge in [0.2, 0.25) is 0 Å². The SMILES string of the molecule is COC[C@H]1C[C@H]1N. The molecule has 2 atom stereocenters. The molecule has 7 heavy (non-hydrogen) atoms. The van der Waals surface area contributed by atoms with E-state index in [0.29, 0.717) is 12.0 Å². The lowest BCUT2D eigenvalue weighted by molar-refractivity contribution is 0.184. The topological polar surface area (TPSA) is 35.2 Å². The highest BCUT2D eigenvalue weighted by Crippen LogP contribution is 2.27. The predicted octanol–water partition coefficient (Wildman–Crippen LogP) is -0.0200. The Kier molecular flexibility index (Phi) is 1.30. The van der Waals surface area contributed by atoms with Gasteiger partial charge in [0.25, 0.3) is 0 Å². The smallest absolute Gasteiger partial charge is 0.0505 e. The van der Waals surface area contributed by atoms with Crippen LogP contribution in [0.2, 0.25) is 0 Å². The first-order chi connectivity index (χ1) is 3.34. The summed E-state index contributed by atoms with van der Waals surface area (Å²) in [6.07, 6.45) is 1.16. The van der Waals surface area contributed by atoms with Crippen LogP contribution >= 0.6 is 0 Å². The van der Waals surface area contributed by atoms with Gasteiger partial charge in [0.15, 0.2) is 0 Å². The molecule has 0 aromatic heterocycles. The Morgan fingerprint density at radius 2 is 2.43 bits per heavy atom. The van der Waals surface area contributed by atoms with Crippen molar-refractivity contribution in [2.24, 2.45) is 11.7 Å². The molecule has 0 bridgehead atoms. The largest absolute Gasteiger partial charge is 0.384 e. The van der Waals surface area contributed by atoms with E-state index in [1.165, 1.54) is 0 Å². The first kappa shape index (κ1) is 5.06. The molecule has 0 radical (unpaired) electrons. The van der Waals surface area contributed by atoms with Crippen LogP contribution in [0.15, 0.2) is 0 Å². The molecule has 1 rings (SSSR count). The molecule has 1 aliphatic carbocycles. The maximum atomic E-state index is 5.47. The number of rotatable bonds is 2. The Labute approximate surface area is 43.6 Å². The molecule has 1 fully saturated rings. The average Bonchev–Trinajstić information content (AvgIpc) is 2.22. The highest BCUT2D eigenvalue weighted by molar-refractivity contribution is 4.89. The molecular weight excluding hydrogens is 90.1 g/mol. The molecule has 1 aliphatic rings. The Bertz CT molecular complexity index is 65.1. The third kappa shape index (κ3) is 1.14. The van der Waals surface area contributed by atoms with E-state index in [9.17, 15) is 0 Å². The van der Waals surface area contributed by atoms with Gasteiger partial charge in [0.05, 0.1) is 6.61 Å². The van der Waals surface area contributed by atoms with Crippen molar-refractivity contribution in [1.82, 2.24) is 0 Å². The van der Waals surface area contributed by atoms with Gasteiger partial charge < -0.3 is 10.5 Å². The van der Waals surface area contributed by atoms with E-state index in [1.807, 2.05) is 0 Å². The van der Waals surface area contributed by atoms with E-state index in [4.69, 9.17) is 10.5 Å². The van der Waals surface area contributed by atoms with Crippen LogP contribution in [0, 0.1) is 5.92 Å². The molecule has 0 amide bonds. The number of methoxy groups -OCH3 is 1. The van der Waals surface area contributed by atoms with E-state index in [0.717, 1.165) is 13.0 Å². The fraction of sp³-hybridized carbons (Fsp3) is 1.00. The summed E-state index contributed by atoms with van der Waals surface area (Å²) >= 11 is 0. The molecule has 0 unspecified atom stereocenters. The van der Waals surface area contributed by atoms with Crippen LogP contribution in [0.1, 0.15) is 6.42 Å². The van der Waals surface area contributed by atoms with Gasteiger partial charge in [-0.1, -0.05) is 0 Å². The summed E-state index contributed by atoms with van der Waals surface area (Å²) in [7, 11) is 1.71. The van der Waals surface area contributed by atoms with Crippen molar-refractivity contribution in [3.63, 3.8) is 0 Å². The summed E-state index contributed by atoms with van der Waals surface area (Å²) in [4.78, 5) is 0. The highest BCUT2D eigenvalue weighted by Gasteiger charge is 2.32. The van der Waals surface area contributed by atoms with Crippen molar-refractivity contribution in [2.75, 3.05) is 13.7 Å². The Hall–Kier alpha value is -0.0800. The fourth-order valence-electron chi connectivity index (χ4n) is 0.677. The van der Waals surface area contributed by atoms with Gasteiger partial charge in [-0.2, -0.15) is 0 Å². The average molecular weight is 101 g/mol. The minimum atomic E-state index is 0.444. The third-order valence-corrected chi connectivity index (χ3v) is 1.36. The molecule has 0 aliphatic heterocycles. The van der Waals surface area contributed by atoms with Crippen LogP contribution in [-0.4, -0.2) is 19.8 Å². The maximum Gasteiger partial charge on any atom is 0.0505 e. The lowest BCUT2D eigenvalue weighted by Crippen LogP contribution is -2.05. The molecular formula is C5H11NO. The normalized spacial score (nSPS) is 38.6. The van der Waals surface area contributed by atoms with Gasteiger partial charge in [-0.3, -0.25) is 0 Å². The van der Waals surface area contributed by atoms with Gasteiger partial charge in [0.1, 0.15) is 0 Å². The Balaban J connectivity index is 1.98. The van der Waals surface area contributed by atoms with Crippen LogP contribution in [0.25, 0.3) is 0 Å². The molecule has 2 heteroatoms. The molecule has 0 saturated heterocycles. The number of hydrogen-bond acceptors (Lipinski definition) is 2. The Morgan fingerprint density at radius 3 is 2.57 bits per heavy atom. The van der Waals surface area contributed by atoms with Gasteiger partial charge in [-0.25, -0.2) is 0 Å². The zero-order valence-corrected chi connectivity index (χ0v) is 4.55. The second kappa shape index (κ2) is 1.80. The van der Waals surface area contributed by atoms with Crippen molar-refractivity contribution in [3.8, 4) is 0 Å². The van der Waals surface area contributed by atoms with Crippen LogP contribution < -0.4 is 5.73 Å². The number of nitrogens with two attached hydrogens (primary N) is 1. The van der Waals surface area contributed by atoms with E-state index < -0.39 is 0 Å². The van der Waals surface area contributed by atoms with Crippen molar-refractivity contribution < 1.29 is 4.74 Å². The van der Waals surface area contributed by atoms with Crippen molar-refractivity contribution in [3.05, 3.63) is 0 Å². The van der Waals surface area contributed by atoms with E-state index in [-0.39, 0.29) is 0 Å². The maximum absolute atomic E-state index is 5.47. The summed E-state index contributed by atoms with van der Waals surface area (Å²) in [5.41, 5.74) is 5.47. The quantitative estimate of drug-likeness (QED) is 0.530. The van der Waals surface area contributed by atoms with E-state index in [1.54, 1.807) is 7.11 Å². The molecule has 0 heterocycles. The van der Waals surface area contributed by atoms with Crippen LogP contribution in [0.5, 0.6) is 0 Å². The minimum Gasteiger partial charge on any atom is -0.384 e. The van der Waals surface area contributed by atoms with Crippen molar-refractivity contribution in [1.29, 1.82) is 0 Å². The Morgan fingerprint density at radius 1 is 1.86 bits per heavy atom. The second-order valence-electron chi connectivity index (χ2n) is 2.11. The van der Waals surface area contributed by atoms with E-state index >= 15 is 0 Å². The summed E-state index contributed by atoms with van der Waals surface area (Å²) in [6, 6.07) is 0.444. The van der Waals surface area contributed by atoms with Gasteiger partial charge in [-0.05, 0) is 12.3 Å². The summed E-state index contributed by atoms with van der Waals surface area (Å²) in [5, 5.41) is 0. The fourth-order valence-corrected chi connectivity index (χ4v) is 0.677. The van der Waals surface area contributed by atoms with Crippen LogP contribution in [0.3, 0.4) is 0 Å². The van der Waals surface area contributed by atoms with Crippen molar-refractivity contribution >= 4 is 0 Å². The standard InChI is InChI=1S/C5H11NO/c1-7-3-4-2-5(4)6/h4-5H,2-3,6H2,1H3/t4-,5-/m1/s1. The van der Waals surface area contributed by atoms with Crippen LogP contribution in [0.4, 0.5) is 0 Å². The minimum absolute atomic E-state index is 0.444. The number of ether oxygens (including phenoxy) is 1.